The fraction of sp³-hybridized carbons (Fsp3) is 0.138. The van der Waals surface area contributed by atoms with Crippen LogP contribution >= 0.6 is 0 Å². The number of nitrogens with two attached hydrogens (primary N) is 1. The van der Waals surface area contributed by atoms with Gasteiger partial charge in [-0.05, 0) is 54.6 Å². The van der Waals surface area contributed by atoms with Crippen molar-refractivity contribution in [1.29, 1.82) is 0 Å². The molecule has 3 aromatic carbocycles. The second kappa shape index (κ2) is 9.90. The van der Waals surface area contributed by atoms with Crippen molar-refractivity contribution in [2.45, 2.75) is 25.0 Å². The molecule has 5 aromatic rings. The van der Waals surface area contributed by atoms with Gasteiger partial charge in [-0.2, -0.15) is 5.10 Å². The number of ether oxygens (including phenoxy) is 2. The van der Waals surface area contributed by atoms with Crippen LogP contribution in [0.1, 0.15) is 29.2 Å². The fourth-order valence-electron chi connectivity index (χ4n) is 4.67. The Hall–Kier alpha value is -5.25. The summed E-state index contributed by atoms with van der Waals surface area (Å²) in [5.41, 5.74) is 8.92. The van der Waals surface area contributed by atoms with Gasteiger partial charge in [0.15, 0.2) is 0 Å². The zero-order valence-corrected chi connectivity index (χ0v) is 20.6. The number of aromatic nitrogens is 3. The maximum atomic E-state index is 12.5. The second-order valence-electron chi connectivity index (χ2n) is 9.28. The molecule has 0 atom stereocenters. The van der Waals surface area contributed by atoms with Crippen molar-refractivity contribution < 1.29 is 19.2 Å². The molecule has 0 spiro atoms. The van der Waals surface area contributed by atoms with E-state index in [4.69, 9.17) is 20.3 Å². The van der Waals surface area contributed by atoms with Crippen LogP contribution in [0, 0.1) is 10.1 Å². The molecule has 10 nitrogen and oxygen atoms in total. The van der Waals surface area contributed by atoms with Crippen LogP contribution in [0.4, 0.5) is 11.5 Å². The van der Waals surface area contributed by atoms with Gasteiger partial charge in [-0.3, -0.25) is 14.8 Å². The molecule has 1 saturated carbocycles. The van der Waals surface area contributed by atoms with Crippen LogP contribution in [0.5, 0.6) is 11.5 Å². The van der Waals surface area contributed by atoms with Crippen LogP contribution in [0.2, 0.25) is 0 Å². The molecule has 2 N–H and O–H groups in total. The molecular formula is C29H23N5O5. The third kappa shape index (κ3) is 4.75. The smallest absolute Gasteiger partial charge is 0.338 e. The molecule has 0 bridgehead atoms. The summed E-state index contributed by atoms with van der Waals surface area (Å²) in [5, 5.41) is 16.5. The third-order valence-corrected chi connectivity index (χ3v) is 6.76. The average molecular weight is 522 g/mol. The van der Waals surface area contributed by atoms with Crippen molar-refractivity contribution in [2.24, 2.45) is 0 Å². The zero-order chi connectivity index (χ0) is 26.9. The van der Waals surface area contributed by atoms with Gasteiger partial charge >= 0.3 is 5.97 Å². The first-order valence-electron chi connectivity index (χ1n) is 12.4. The summed E-state index contributed by atoms with van der Waals surface area (Å²) in [7, 11) is 0. The molecule has 2 heterocycles. The largest absolute Gasteiger partial charge is 0.459 e. The molecule has 2 aromatic heterocycles. The molecule has 194 valence electrons. The lowest BCUT2D eigenvalue weighted by atomic mass is 9.89. The van der Waals surface area contributed by atoms with Crippen molar-refractivity contribution in [3.63, 3.8) is 0 Å². The first-order chi connectivity index (χ1) is 19.0. The minimum atomic E-state index is -0.510. The Balaban J connectivity index is 1.19. The molecule has 0 saturated heterocycles. The number of carbonyl (C=O) groups is 1. The lowest BCUT2D eigenvalue weighted by Gasteiger charge is -2.35. The van der Waals surface area contributed by atoms with Gasteiger partial charge in [-0.25, -0.2) is 9.78 Å². The van der Waals surface area contributed by atoms with Gasteiger partial charge in [0.25, 0.3) is 5.69 Å². The molecule has 1 aliphatic rings. The number of nitro benzene ring substituents is 1. The highest BCUT2D eigenvalue weighted by Crippen LogP contribution is 2.40. The highest BCUT2D eigenvalue weighted by molar-refractivity contribution is 6.00. The molecular weight excluding hydrogens is 498 g/mol. The number of para-hydroxylation sites is 1. The molecule has 0 unspecified atom stereocenters. The number of fused-ring (bicyclic) bond motifs is 1. The van der Waals surface area contributed by atoms with Crippen LogP contribution < -0.4 is 10.5 Å². The van der Waals surface area contributed by atoms with Crippen molar-refractivity contribution in [3.05, 3.63) is 107 Å². The standard InChI is InChI=1S/C29H23N5O5/c30-28-26-25(14-15-31-28)33(21-16-24(17-21)39-29(35)19-6-10-20(11-7-19)34(36)37)32-27(26)18-8-12-23(13-9-18)38-22-4-2-1-3-5-22/h1-15,21,24H,16-17H2,(H2,30,31). The number of esters is 1. The van der Waals surface area contributed by atoms with Crippen LogP contribution in [0.3, 0.4) is 0 Å². The topological polar surface area (TPSA) is 135 Å². The molecule has 1 aliphatic carbocycles. The number of anilines is 1. The summed E-state index contributed by atoms with van der Waals surface area (Å²) >= 11 is 0. The number of pyridine rings is 1. The van der Waals surface area contributed by atoms with Crippen LogP contribution in [0.15, 0.2) is 91.1 Å². The number of nitrogens with zero attached hydrogens (tertiary/aromatic N) is 4. The Bertz CT molecular complexity index is 1660. The minimum Gasteiger partial charge on any atom is -0.459 e. The molecule has 6 rings (SSSR count). The van der Waals surface area contributed by atoms with E-state index >= 15 is 0 Å². The van der Waals surface area contributed by atoms with Gasteiger partial charge in [-0.15, -0.1) is 0 Å². The highest BCUT2D eigenvalue weighted by Gasteiger charge is 2.36. The van der Waals surface area contributed by atoms with E-state index in [1.54, 1.807) is 6.20 Å². The normalized spacial score (nSPS) is 16.4. The van der Waals surface area contributed by atoms with E-state index in [2.05, 4.69) is 4.98 Å². The number of nitrogen functional groups attached to an aromatic ring is 1. The Morgan fingerprint density at radius 3 is 2.33 bits per heavy atom. The van der Waals surface area contributed by atoms with Crippen LogP contribution in [-0.4, -0.2) is 31.8 Å². The lowest BCUT2D eigenvalue weighted by molar-refractivity contribution is -0.384. The Labute approximate surface area is 222 Å². The van der Waals surface area contributed by atoms with E-state index in [1.165, 1.54) is 24.3 Å². The number of nitro groups is 1. The molecule has 1 fully saturated rings. The third-order valence-electron chi connectivity index (χ3n) is 6.76. The highest BCUT2D eigenvalue weighted by atomic mass is 16.6. The predicted molar refractivity (Wildman–Crippen MR) is 144 cm³/mol. The van der Waals surface area contributed by atoms with Crippen molar-refractivity contribution in [3.8, 4) is 22.8 Å². The Kier molecular flexibility index (Phi) is 6.12. The first kappa shape index (κ1) is 24.1. The van der Waals surface area contributed by atoms with Gasteiger partial charge in [0, 0.05) is 36.7 Å². The van der Waals surface area contributed by atoms with E-state index in [0.29, 0.717) is 30.1 Å². The SMILES string of the molecule is Nc1nccc2c1c(-c1ccc(Oc3ccccc3)cc1)nn2C1CC(OC(=O)c2ccc([N+](=O)[O-])cc2)C1. The summed E-state index contributed by atoms with van der Waals surface area (Å²) in [5.74, 6) is 1.34. The van der Waals surface area contributed by atoms with Crippen molar-refractivity contribution in [1.82, 2.24) is 14.8 Å². The number of hydrogen-bond acceptors (Lipinski definition) is 8. The number of rotatable bonds is 7. The predicted octanol–water partition coefficient (Wildman–Crippen LogP) is 5.94. The number of non-ortho nitro benzene ring substituents is 1. The second-order valence-corrected chi connectivity index (χ2v) is 9.28. The van der Waals surface area contributed by atoms with E-state index in [9.17, 15) is 14.9 Å². The van der Waals surface area contributed by atoms with Gasteiger partial charge < -0.3 is 15.2 Å². The number of hydrogen-bond donors (Lipinski definition) is 1. The monoisotopic (exact) mass is 521 g/mol. The molecule has 10 heteroatoms. The van der Waals surface area contributed by atoms with Gasteiger partial charge in [0.05, 0.1) is 27.4 Å². The van der Waals surface area contributed by atoms with Crippen molar-refractivity contribution >= 4 is 28.4 Å². The van der Waals surface area contributed by atoms with E-state index < -0.39 is 10.9 Å². The Morgan fingerprint density at radius 1 is 0.949 bits per heavy atom. The maximum Gasteiger partial charge on any atom is 0.338 e. The number of carbonyl (C=O) groups excluding carboxylic acids is 1. The minimum absolute atomic E-state index is 0.0124. The molecule has 0 aliphatic heterocycles. The van der Waals surface area contributed by atoms with Gasteiger partial charge in [0.2, 0.25) is 0 Å². The summed E-state index contributed by atoms with van der Waals surface area (Å²) < 4.78 is 13.4. The lowest BCUT2D eigenvalue weighted by Crippen LogP contribution is -2.35. The maximum absolute atomic E-state index is 12.5. The summed E-state index contributed by atoms with van der Waals surface area (Å²) in [4.78, 5) is 27.1. The first-order valence-corrected chi connectivity index (χ1v) is 12.4. The molecule has 0 radical (unpaired) electrons. The summed E-state index contributed by atoms with van der Waals surface area (Å²) in [6.45, 7) is 0. The zero-order valence-electron chi connectivity index (χ0n) is 20.6. The van der Waals surface area contributed by atoms with E-state index in [1.807, 2.05) is 65.3 Å². The van der Waals surface area contributed by atoms with Crippen LogP contribution in [0.25, 0.3) is 22.2 Å². The molecule has 0 amide bonds. The summed E-state index contributed by atoms with van der Waals surface area (Å²) in [6, 6.07) is 24.5. The van der Waals surface area contributed by atoms with E-state index in [0.717, 1.165) is 22.2 Å². The van der Waals surface area contributed by atoms with Gasteiger partial charge in [0.1, 0.15) is 29.1 Å². The average Bonchev–Trinajstić information content (AvgIpc) is 3.32. The van der Waals surface area contributed by atoms with Crippen molar-refractivity contribution in [2.75, 3.05) is 5.73 Å². The summed E-state index contributed by atoms with van der Waals surface area (Å²) in [6.07, 6.45) is 2.54. The number of benzene rings is 3. The quantitative estimate of drug-likeness (QED) is 0.158. The van der Waals surface area contributed by atoms with E-state index in [-0.39, 0.29) is 23.4 Å². The van der Waals surface area contributed by atoms with Gasteiger partial charge in [-0.1, -0.05) is 18.2 Å². The Morgan fingerprint density at radius 2 is 1.64 bits per heavy atom. The fourth-order valence-corrected chi connectivity index (χ4v) is 4.67. The van der Waals surface area contributed by atoms with Crippen LogP contribution in [-0.2, 0) is 4.74 Å². The molecule has 39 heavy (non-hydrogen) atoms.